The van der Waals surface area contributed by atoms with E-state index in [-0.39, 0.29) is 5.91 Å². The summed E-state index contributed by atoms with van der Waals surface area (Å²) < 4.78 is 16.8. The number of amides is 1. The molecule has 1 amide bonds. The lowest BCUT2D eigenvalue weighted by Crippen LogP contribution is -2.36. The topological polar surface area (TPSA) is 55.2 Å². The molecule has 1 fully saturated rings. The molecule has 0 atom stereocenters. The highest BCUT2D eigenvalue weighted by Crippen LogP contribution is 2.28. The molecule has 1 saturated carbocycles. The molecule has 1 heterocycles. The van der Waals surface area contributed by atoms with Crippen LogP contribution in [0.4, 0.5) is 0 Å². The summed E-state index contributed by atoms with van der Waals surface area (Å²) in [6, 6.07) is 18.8. The van der Waals surface area contributed by atoms with Crippen LogP contribution in [0, 0.1) is 6.92 Å². The first kappa shape index (κ1) is 26.8. The number of benzene rings is 2. The van der Waals surface area contributed by atoms with E-state index in [1.54, 1.807) is 19.1 Å². The first-order valence-corrected chi connectivity index (χ1v) is 13.3. The molecule has 0 N–H and O–H groups in total. The molecule has 0 radical (unpaired) electrons. The molecule has 198 valence electrons. The van der Waals surface area contributed by atoms with Gasteiger partial charge in [-0.3, -0.25) is 9.69 Å². The average Bonchev–Trinajstić information content (AvgIpc) is 3.40. The van der Waals surface area contributed by atoms with E-state index >= 15 is 0 Å². The molecular formula is C31H40N2O4. The Balaban J connectivity index is 1.39. The lowest BCUT2D eigenvalue weighted by Gasteiger charge is -2.34. The van der Waals surface area contributed by atoms with Gasteiger partial charge in [-0.05, 0) is 67.1 Å². The van der Waals surface area contributed by atoms with Crippen molar-refractivity contribution >= 4 is 5.91 Å². The second kappa shape index (κ2) is 12.8. The summed E-state index contributed by atoms with van der Waals surface area (Å²) in [5.74, 6) is 2.52. The van der Waals surface area contributed by atoms with Gasteiger partial charge in [0, 0.05) is 26.2 Å². The second-order valence-electron chi connectivity index (χ2n) is 10.1. The minimum absolute atomic E-state index is 0.102. The van der Waals surface area contributed by atoms with Crippen LogP contribution in [0.15, 0.2) is 59.0 Å². The molecule has 2 aromatic carbocycles. The van der Waals surface area contributed by atoms with E-state index in [4.69, 9.17) is 13.9 Å². The Morgan fingerprint density at radius 1 is 0.946 bits per heavy atom. The van der Waals surface area contributed by atoms with Crippen LogP contribution in [0.3, 0.4) is 0 Å². The van der Waals surface area contributed by atoms with Crippen LogP contribution in [0.5, 0.6) is 11.5 Å². The number of carbonyl (C=O) groups is 1. The smallest absolute Gasteiger partial charge is 0.289 e. The number of likely N-dealkylation sites (N-methyl/N-ethyl adjacent to an activating group) is 1. The molecule has 3 aromatic rings. The van der Waals surface area contributed by atoms with Gasteiger partial charge in [0.15, 0.2) is 17.3 Å². The van der Waals surface area contributed by atoms with Gasteiger partial charge in [0.05, 0.1) is 20.8 Å². The van der Waals surface area contributed by atoms with Crippen molar-refractivity contribution in [3.63, 3.8) is 0 Å². The predicted molar refractivity (Wildman–Crippen MR) is 146 cm³/mol. The third-order valence-electron chi connectivity index (χ3n) is 7.49. The number of hydrogen-bond donors (Lipinski definition) is 0. The van der Waals surface area contributed by atoms with E-state index in [2.05, 4.69) is 36.1 Å². The SMILES string of the molecule is COc1ccc(CCN(C)C(=O)c2ccc(CN(Cc3ccccc3C)C3CCCCC3)o2)cc1OC. The summed E-state index contributed by atoms with van der Waals surface area (Å²) >= 11 is 0. The van der Waals surface area contributed by atoms with Gasteiger partial charge < -0.3 is 18.8 Å². The maximum absolute atomic E-state index is 13.1. The lowest BCUT2D eigenvalue weighted by atomic mass is 9.93. The molecule has 0 aliphatic heterocycles. The standard InChI is InChI=1S/C31H40N2O4/c1-23-10-8-9-11-25(23)21-33(26-12-6-5-7-13-26)22-27-15-17-29(37-27)31(34)32(2)19-18-24-14-16-28(35-3)30(20-24)36-4/h8-11,14-17,20,26H,5-7,12-13,18-19,21-22H2,1-4H3. The lowest BCUT2D eigenvalue weighted by molar-refractivity contribution is 0.0757. The molecule has 4 rings (SSSR count). The van der Waals surface area contributed by atoms with E-state index < -0.39 is 0 Å². The molecule has 6 heteroatoms. The number of nitrogens with zero attached hydrogens (tertiary/aromatic N) is 2. The zero-order chi connectivity index (χ0) is 26.2. The van der Waals surface area contributed by atoms with Gasteiger partial charge >= 0.3 is 0 Å². The molecule has 37 heavy (non-hydrogen) atoms. The van der Waals surface area contributed by atoms with Crippen LogP contribution in [-0.4, -0.2) is 49.6 Å². The first-order chi connectivity index (χ1) is 18.0. The van der Waals surface area contributed by atoms with Crippen molar-refractivity contribution in [3.8, 4) is 11.5 Å². The Labute approximate surface area is 221 Å². The highest BCUT2D eigenvalue weighted by Gasteiger charge is 2.24. The highest BCUT2D eigenvalue weighted by molar-refractivity contribution is 5.91. The van der Waals surface area contributed by atoms with Gasteiger partial charge in [-0.25, -0.2) is 0 Å². The Morgan fingerprint density at radius 3 is 2.43 bits per heavy atom. The fraction of sp³-hybridized carbons (Fsp3) is 0.452. The quantitative estimate of drug-likeness (QED) is 0.309. The normalized spacial score (nSPS) is 14.1. The fourth-order valence-corrected chi connectivity index (χ4v) is 5.17. The van der Waals surface area contributed by atoms with Crippen molar-refractivity contribution in [2.24, 2.45) is 0 Å². The van der Waals surface area contributed by atoms with E-state index in [0.29, 0.717) is 42.8 Å². The van der Waals surface area contributed by atoms with E-state index in [1.165, 1.54) is 43.2 Å². The van der Waals surface area contributed by atoms with Crippen LogP contribution < -0.4 is 9.47 Å². The largest absolute Gasteiger partial charge is 0.493 e. The van der Waals surface area contributed by atoms with Crippen molar-refractivity contribution in [2.45, 2.75) is 64.6 Å². The van der Waals surface area contributed by atoms with Crippen molar-refractivity contribution in [1.82, 2.24) is 9.80 Å². The summed E-state index contributed by atoms with van der Waals surface area (Å²) in [5, 5.41) is 0. The van der Waals surface area contributed by atoms with E-state index in [0.717, 1.165) is 17.9 Å². The van der Waals surface area contributed by atoms with Crippen LogP contribution in [0.2, 0.25) is 0 Å². The maximum atomic E-state index is 13.1. The summed E-state index contributed by atoms with van der Waals surface area (Å²) in [4.78, 5) is 17.4. The first-order valence-electron chi connectivity index (χ1n) is 13.3. The predicted octanol–water partition coefficient (Wildman–Crippen LogP) is 6.25. The Morgan fingerprint density at radius 2 is 1.70 bits per heavy atom. The monoisotopic (exact) mass is 504 g/mol. The van der Waals surface area contributed by atoms with Crippen molar-refractivity contribution in [2.75, 3.05) is 27.8 Å². The molecule has 6 nitrogen and oxygen atoms in total. The van der Waals surface area contributed by atoms with Gasteiger partial charge in [0.2, 0.25) is 0 Å². The van der Waals surface area contributed by atoms with Gasteiger partial charge in [-0.15, -0.1) is 0 Å². The molecule has 1 aromatic heterocycles. The van der Waals surface area contributed by atoms with Gasteiger partial charge in [0.1, 0.15) is 5.76 Å². The van der Waals surface area contributed by atoms with Crippen molar-refractivity contribution in [3.05, 3.63) is 82.8 Å². The average molecular weight is 505 g/mol. The number of hydrogen-bond acceptors (Lipinski definition) is 5. The zero-order valence-electron chi connectivity index (χ0n) is 22.7. The minimum Gasteiger partial charge on any atom is -0.493 e. The van der Waals surface area contributed by atoms with E-state index in [1.807, 2.05) is 37.4 Å². The molecule has 0 unspecified atom stereocenters. The van der Waals surface area contributed by atoms with Crippen molar-refractivity contribution < 1.29 is 18.7 Å². The Bertz CT molecular complexity index is 1170. The molecular weight excluding hydrogens is 464 g/mol. The Hall–Kier alpha value is -3.25. The number of furan rings is 1. The number of ether oxygens (including phenoxy) is 2. The summed E-state index contributed by atoms with van der Waals surface area (Å²) in [7, 11) is 5.07. The van der Waals surface area contributed by atoms with Crippen LogP contribution in [-0.2, 0) is 19.5 Å². The van der Waals surface area contributed by atoms with Crippen LogP contribution in [0.1, 0.15) is 65.1 Å². The van der Waals surface area contributed by atoms with Gasteiger partial charge in [-0.2, -0.15) is 0 Å². The number of rotatable bonds is 11. The third-order valence-corrected chi connectivity index (χ3v) is 7.49. The van der Waals surface area contributed by atoms with Crippen LogP contribution in [0.25, 0.3) is 0 Å². The maximum Gasteiger partial charge on any atom is 0.289 e. The number of methoxy groups -OCH3 is 2. The fourth-order valence-electron chi connectivity index (χ4n) is 5.17. The van der Waals surface area contributed by atoms with Crippen molar-refractivity contribution in [1.29, 1.82) is 0 Å². The second-order valence-corrected chi connectivity index (χ2v) is 10.1. The number of aryl methyl sites for hydroxylation is 1. The molecule has 0 bridgehead atoms. The molecule has 0 spiro atoms. The molecule has 0 saturated heterocycles. The third kappa shape index (κ3) is 6.95. The summed E-state index contributed by atoms with van der Waals surface area (Å²) in [5.41, 5.74) is 3.75. The summed E-state index contributed by atoms with van der Waals surface area (Å²) in [6.07, 6.45) is 7.03. The highest BCUT2D eigenvalue weighted by atomic mass is 16.5. The van der Waals surface area contributed by atoms with Gasteiger partial charge in [-0.1, -0.05) is 49.6 Å². The minimum atomic E-state index is -0.102. The Kier molecular flexibility index (Phi) is 9.29. The summed E-state index contributed by atoms with van der Waals surface area (Å²) in [6.45, 7) is 4.36. The molecule has 1 aliphatic carbocycles. The van der Waals surface area contributed by atoms with Gasteiger partial charge in [0.25, 0.3) is 5.91 Å². The van der Waals surface area contributed by atoms with E-state index in [9.17, 15) is 4.79 Å². The zero-order valence-corrected chi connectivity index (χ0v) is 22.7. The molecule has 1 aliphatic rings. The van der Waals surface area contributed by atoms with Crippen LogP contribution >= 0.6 is 0 Å². The number of carbonyl (C=O) groups excluding carboxylic acids is 1.